The molecule has 0 aliphatic heterocycles. The highest BCUT2D eigenvalue weighted by Gasteiger charge is 2.07. The van der Waals surface area contributed by atoms with Crippen molar-refractivity contribution in [1.82, 2.24) is 5.32 Å². The van der Waals surface area contributed by atoms with Crippen molar-refractivity contribution in [3.05, 3.63) is 29.3 Å². The zero-order valence-electron chi connectivity index (χ0n) is 10.5. The summed E-state index contributed by atoms with van der Waals surface area (Å²) in [6.45, 7) is 5.58. The molecule has 1 unspecified atom stereocenters. The maximum Gasteiger partial charge on any atom is 0.258 e. The summed E-state index contributed by atoms with van der Waals surface area (Å²) in [7, 11) is 0. The summed E-state index contributed by atoms with van der Waals surface area (Å²) in [4.78, 5) is 11.4. The molecule has 1 atom stereocenters. The zero-order valence-corrected chi connectivity index (χ0v) is 10.5. The molecule has 0 radical (unpaired) electrons. The molecule has 0 bridgehead atoms. The molecule has 0 saturated heterocycles. The molecule has 0 heterocycles. The number of aryl methyl sites for hydroxylation is 2. The van der Waals surface area contributed by atoms with Crippen molar-refractivity contribution in [3.63, 3.8) is 0 Å². The fraction of sp³-hybridized carbons (Fsp3) is 0.462. The second kappa shape index (κ2) is 6.25. The van der Waals surface area contributed by atoms with E-state index in [0.29, 0.717) is 5.75 Å². The second-order valence-electron chi connectivity index (χ2n) is 4.26. The Kier molecular flexibility index (Phi) is 4.97. The molecule has 0 aromatic heterocycles. The Morgan fingerprint density at radius 1 is 1.35 bits per heavy atom. The zero-order chi connectivity index (χ0) is 12.8. The van der Waals surface area contributed by atoms with Gasteiger partial charge in [0.1, 0.15) is 5.75 Å². The van der Waals surface area contributed by atoms with E-state index in [0.717, 1.165) is 11.1 Å². The Hall–Kier alpha value is -1.55. The number of carbonyl (C=O) groups is 1. The number of nitrogens with one attached hydrogen (secondary N) is 1. The average molecular weight is 237 g/mol. The molecular weight excluding hydrogens is 218 g/mol. The minimum Gasteiger partial charge on any atom is -0.484 e. The van der Waals surface area contributed by atoms with Gasteiger partial charge in [-0.2, -0.15) is 0 Å². The van der Waals surface area contributed by atoms with E-state index in [-0.39, 0.29) is 25.2 Å². The first-order valence-electron chi connectivity index (χ1n) is 5.62. The van der Waals surface area contributed by atoms with E-state index in [1.165, 1.54) is 0 Å². The lowest BCUT2D eigenvalue weighted by molar-refractivity contribution is -0.124. The smallest absolute Gasteiger partial charge is 0.258 e. The molecule has 4 heteroatoms. The minimum absolute atomic E-state index is 0.0345. The van der Waals surface area contributed by atoms with Gasteiger partial charge in [0.05, 0.1) is 6.61 Å². The van der Waals surface area contributed by atoms with Gasteiger partial charge in [0.25, 0.3) is 5.91 Å². The Morgan fingerprint density at radius 3 is 2.47 bits per heavy atom. The van der Waals surface area contributed by atoms with Gasteiger partial charge in [-0.05, 0) is 44.0 Å². The highest BCUT2D eigenvalue weighted by Crippen LogP contribution is 2.15. The fourth-order valence-corrected chi connectivity index (χ4v) is 1.53. The van der Waals surface area contributed by atoms with E-state index in [2.05, 4.69) is 5.32 Å². The third-order valence-electron chi connectivity index (χ3n) is 2.25. The van der Waals surface area contributed by atoms with Crippen LogP contribution in [-0.2, 0) is 4.79 Å². The molecule has 2 N–H and O–H groups in total. The van der Waals surface area contributed by atoms with Crippen molar-refractivity contribution >= 4 is 5.91 Å². The largest absolute Gasteiger partial charge is 0.484 e. The van der Waals surface area contributed by atoms with Crippen LogP contribution in [0.1, 0.15) is 18.1 Å². The topological polar surface area (TPSA) is 58.6 Å². The van der Waals surface area contributed by atoms with Gasteiger partial charge in [0.2, 0.25) is 0 Å². The standard InChI is InChI=1S/C13H19NO3/c1-9-4-10(2)6-12(5-9)17-8-13(16)14-11(3)7-15/h4-6,11,15H,7-8H2,1-3H3,(H,14,16). The number of amides is 1. The lowest BCUT2D eigenvalue weighted by Crippen LogP contribution is -2.38. The van der Waals surface area contributed by atoms with Crippen molar-refractivity contribution in [3.8, 4) is 5.75 Å². The third kappa shape index (κ3) is 4.87. The van der Waals surface area contributed by atoms with Gasteiger partial charge >= 0.3 is 0 Å². The number of aliphatic hydroxyl groups is 1. The summed E-state index contributed by atoms with van der Waals surface area (Å²) >= 11 is 0. The first-order valence-corrected chi connectivity index (χ1v) is 5.62. The maximum absolute atomic E-state index is 11.4. The molecule has 1 aromatic carbocycles. The van der Waals surface area contributed by atoms with Gasteiger partial charge in [-0.3, -0.25) is 4.79 Å². The van der Waals surface area contributed by atoms with Crippen LogP contribution in [0.5, 0.6) is 5.75 Å². The molecule has 0 spiro atoms. The van der Waals surface area contributed by atoms with Crippen molar-refractivity contribution in [1.29, 1.82) is 0 Å². The van der Waals surface area contributed by atoms with Crippen LogP contribution in [0.2, 0.25) is 0 Å². The monoisotopic (exact) mass is 237 g/mol. The van der Waals surface area contributed by atoms with E-state index in [1.54, 1.807) is 6.92 Å². The molecule has 94 valence electrons. The summed E-state index contributed by atoms with van der Waals surface area (Å²) in [6.07, 6.45) is 0. The number of rotatable bonds is 5. The summed E-state index contributed by atoms with van der Waals surface area (Å²) < 4.78 is 5.38. The molecule has 0 fully saturated rings. The number of aliphatic hydroxyl groups excluding tert-OH is 1. The second-order valence-corrected chi connectivity index (χ2v) is 4.26. The van der Waals surface area contributed by atoms with Gasteiger partial charge in [-0.15, -0.1) is 0 Å². The maximum atomic E-state index is 11.4. The van der Waals surface area contributed by atoms with E-state index >= 15 is 0 Å². The van der Waals surface area contributed by atoms with E-state index in [9.17, 15) is 4.79 Å². The lowest BCUT2D eigenvalue weighted by Gasteiger charge is -2.12. The number of hydrogen-bond donors (Lipinski definition) is 2. The summed E-state index contributed by atoms with van der Waals surface area (Å²) in [5, 5.41) is 11.4. The molecular formula is C13H19NO3. The predicted molar refractivity (Wildman–Crippen MR) is 66.1 cm³/mol. The molecule has 0 aliphatic rings. The van der Waals surface area contributed by atoms with Crippen LogP contribution in [0.25, 0.3) is 0 Å². The van der Waals surface area contributed by atoms with E-state index in [1.807, 2.05) is 32.0 Å². The van der Waals surface area contributed by atoms with Crippen LogP contribution in [0.3, 0.4) is 0 Å². The summed E-state index contributed by atoms with van der Waals surface area (Å²) in [5.74, 6) is 0.458. The van der Waals surface area contributed by atoms with Gasteiger partial charge < -0.3 is 15.2 Å². The molecule has 17 heavy (non-hydrogen) atoms. The normalized spacial score (nSPS) is 12.0. The van der Waals surface area contributed by atoms with Crippen LogP contribution in [0, 0.1) is 13.8 Å². The van der Waals surface area contributed by atoms with E-state index < -0.39 is 0 Å². The van der Waals surface area contributed by atoms with Gasteiger partial charge in [-0.1, -0.05) is 6.07 Å². The summed E-state index contributed by atoms with van der Waals surface area (Å²) in [6, 6.07) is 5.57. The van der Waals surface area contributed by atoms with Crippen molar-refractivity contribution in [2.45, 2.75) is 26.8 Å². The number of hydrogen-bond acceptors (Lipinski definition) is 3. The van der Waals surface area contributed by atoms with Crippen LogP contribution < -0.4 is 10.1 Å². The number of ether oxygens (including phenoxy) is 1. The number of carbonyl (C=O) groups excluding carboxylic acids is 1. The summed E-state index contributed by atoms with van der Waals surface area (Å²) in [5.41, 5.74) is 2.20. The lowest BCUT2D eigenvalue weighted by atomic mass is 10.1. The van der Waals surface area contributed by atoms with Crippen LogP contribution in [-0.4, -0.2) is 30.3 Å². The minimum atomic E-state index is -0.245. The molecule has 1 amide bonds. The predicted octanol–water partition coefficient (Wildman–Crippen LogP) is 1.18. The van der Waals surface area contributed by atoms with Crippen LogP contribution >= 0.6 is 0 Å². The Labute approximate surface area is 102 Å². The SMILES string of the molecule is Cc1cc(C)cc(OCC(=O)NC(C)CO)c1. The van der Waals surface area contributed by atoms with E-state index in [4.69, 9.17) is 9.84 Å². The quantitative estimate of drug-likeness (QED) is 0.808. The van der Waals surface area contributed by atoms with Gasteiger partial charge in [0, 0.05) is 6.04 Å². The third-order valence-corrected chi connectivity index (χ3v) is 2.25. The molecule has 0 aliphatic carbocycles. The highest BCUT2D eigenvalue weighted by molar-refractivity contribution is 5.77. The molecule has 4 nitrogen and oxygen atoms in total. The van der Waals surface area contributed by atoms with Crippen molar-refractivity contribution in [2.24, 2.45) is 0 Å². The molecule has 1 aromatic rings. The van der Waals surface area contributed by atoms with Crippen molar-refractivity contribution < 1.29 is 14.6 Å². The first-order chi connectivity index (χ1) is 8.01. The average Bonchev–Trinajstić information content (AvgIpc) is 2.25. The fourth-order valence-electron chi connectivity index (χ4n) is 1.53. The number of benzene rings is 1. The Morgan fingerprint density at radius 2 is 1.94 bits per heavy atom. The van der Waals surface area contributed by atoms with Crippen molar-refractivity contribution in [2.75, 3.05) is 13.2 Å². The molecule has 0 saturated carbocycles. The van der Waals surface area contributed by atoms with Gasteiger partial charge in [-0.25, -0.2) is 0 Å². The highest BCUT2D eigenvalue weighted by atomic mass is 16.5. The Balaban J connectivity index is 2.47. The van der Waals surface area contributed by atoms with Crippen LogP contribution in [0.4, 0.5) is 0 Å². The Bertz CT molecular complexity index is 370. The molecule has 1 rings (SSSR count). The first kappa shape index (κ1) is 13.5. The van der Waals surface area contributed by atoms with Crippen LogP contribution in [0.15, 0.2) is 18.2 Å². The van der Waals surface area contributed by atoms with Gasteiger partial charge in [0.15, 0.2) is 6.61 Å².